The summed E-state index contributed by atoms with van der Waals surface area (Å²) in [6.07, 6.45) is 2.64. The molecule has 0 aliphatic heterocycles. The zero-order chi connectivity index (χ0) is 18.2. The molecule has 6 nitrogen and oxygen atoms in total. The lowest BCUT2D eigenvalue weighted by molar-refractivity contribution is 0.314. The molecule has 3 rings (SSSR count). The number of hydrogen-bond acceptors (Lipinski definition) is 6. The maximum atomic E-state index is 5.79. The van der Waals surface area contributed by atoms with E-state index in [-0.39, 0.29) is 0 Å². The minimum absolute atomic E-state index is 0.590. The van der Waals surface area contributed by atoms with Crippen molar-refractivity contribution in [1.29, 1.82) is 0 Å². The molecule has 2 heterocycles. The Bertz CT molecular complexity index is 785. The fourth-order valence-corrected chi connectivity index (χ4v) is 3.23. The van der Waals surface area contributed by atoms with Crippen LogP contribution in [-0.2, 0) is 6.54 Å². The van der Waals surface area contributed by atoms with Crippen LogP contribution in [0.5, 0.6) is 11.5 Å². The molecule has 0 aliphatic rings. The summed E-state index contributed by atoms with van der Waals surface area (Å²) in [4.78, 5) is 0. The first-order chi connectivity index (χ1) is 12.8. The highest BCUT2D eigenvalue weighted by molar-refractivity contribution is 7.99. The Morgan fingerprint density at radius 3 is 2.35 bits per heavy atom. The second-order valence-corrected chi connectivity index (χ2v) is 6.61. The minimum Gasteiger partial charge on any atom is -0.494 e. The van der Waals surface area contributed by atoms with Gasteiger partial charge in [0.05, 0.1) is 19.5 Å². The molecule has 3 aromatic rings. The van der Waals surface area contributed by atoms with Crippen molar-refractivity contribution in [2.45, 2.75) is 32.0 Å². The zero-order valence-electron chi connectivity index (χ0n) is 15.1. The van der Waals surface area contributed by atoms with E-state index in [0.29, 0.717) is 6.61 Å². The van der Waals surface area contributed by atoms with E-state index in [2.05, 4.69) is 24.0 Å². The molecule has 7 heteroatoms. The Labute approximate surface area is 157 Å². The summed E-state index contributed by atoms with van der Waals surface area (Å²) in [6.45, 7) is 6.26. The number of hydrogen-bond donors (Lipinski definition) is 0. The van der Waals surface area contributed by atoms with E-state index in [1.54, 1.807) is 18.0 Å². The van der Waals surface area contributed by atoms with E-state index in [4.69, 9.17) is 13.9 Å². The van der Waals surface area contributed by atoms with Gasteiger partial charge in [-0.05, 0) is 49.7 Å². The summed E-state index contributed by atoms with van der Waals surface area (Å²) in [5, 5.41) is 9.38. The monoisotopic (exact) mass is 373 g/mol. The third-order valence-corrected chi connectivity index (χ3v) is 4.59. The van der Waals surface area contributed by atoms with Gasteiger partial charge >= 0.3 is 0 Å². The molecule has 0 amide bonds. The van der Waals surface area contributed by atoms with Gasteiger partial charge in [-0.25, -0.2) is 0 Å². The Morgan fingerprint density at radius 2 is 1.73 bits per heavy atom. The second kappa shape index (κ2) is 9.33. The fraction of sp³-hybridized carbons (Fsp3) is 0.368. The topological polar surface area (TPSA) is 62.3 Å². The predicted molar refractivity (Wildman–Crippen MR) is 102 cm³/mol. The van der Waals surface area contributed by atoms with Gasteiger partial charge in [-0.3, -0.25) is 4.57 Å². The van der Waals surface area contributed by atoms with Crippen LogP contribution in [0, 0.1) is 0 Å². The third kappa shape index (κ3) is 4.60. The number of thioether (sulfide) groups is 1. The van der Waals surface area contributed by atoms with Crippen molar-refractivity contribution in [3.8, 4) is 23.1 Å². The molecule has 0 atom stereocenters. The van der Waals surface area contributed by atoms with Crippen LogP contribution in [0.1, 0.15) is 20.3 Å². The van der Waals surface area contributed by atoms with Crippen LogP contribution in [0.4, 0.5) is 0 Å². The van der Waals surface area contributed by atoms with Crippen LogP contribution >= 0.6 is 11.8 Å². The molecule has 0 unspecified atom stereocenters. The van der Waals surface area contributed by atoms with E-state index in [0.717, 1.165) is 53.6 Å². The lowest BCUT2D eigenvalue weighted by Gasteiger charge is -2.08. The summed E-state index contributed by atoms with van der Waals surface area (Å²) in [5.74, 6) is 3.97. The van der Waals surface area contributed by atoms with E-state index < -0.39 is 0 Å². The van der Waals surface area contributed by atoms with Crippen LogP contribution in [-0.4, -0.2) is 33.7 Å². The minimum atomic E-state index is 0.590. The first-order valence-electron chi connectivity index (χ1n) is 8.77. The molecule has 0 saturated carbocycles. The molecule has 0 N–H and O–H groups in total. The van der Waals surface area contributed by atoms with Crippen molar-refractivity contribution < 1.29 is 13.9 Å². The van der Waals surface area contributed by atoms with E-state index >= 15 is 0 Å². The first-order valence-corrected chi connectivity index (χ1v) is 9.76. The van der Waals surface area contributed by atoms with Gasteiger partial charge in [0.15, 0.2) is 16.7 Å². The summed E-state index contributed by atoms with van der Waals surface area (Å²) in [7, 11) is 0. The standard InChI is InChI=1S/C19H23N3O3S/c1-3-11-23-15-7-9-16(10-8-15)24-13-14-26-19-21-20-18(22(19)4-2)17-6-5-12-25-17/h5-10,12H,3-4,11,13-14H2,1-2H3. The van der Waals surface area contributed by atoms with Crippen molar-refractivity contribution in [3.05, 3.63) is 42.7 Å². The van der Waals surface area contributed by atoms with Crippen molar-refractivity contribution >= 4 is 11.8 Å². The van der Waals surface area contributed by atoms with Crippen LogP contribution < -0.4 is 9.47 Å². The van der Waals surface area contributed by atoms with Crippen molar-refractivity contribution in [2.24, 2.45) is 0 Å². The van der Waals surface area contributed by atoms with Gasteiger partial charge < -0.3 is 13.9 Å². The molecule has 0 fully saturated rings. The number of nitrogens with zero attached hydrogens (tertiary/aromatic N) is 3. The average Bonchev–Trinajstić information content (AvgIpc) is 3.33. The normalized spacial score (nSPS) is 10.8. The van der Waals surface area contributed by atoms with E-state index in [1.165, 1.54) is 0 Å². The SMILES string of the molecule is CCCOc1ccc(OCCSc2nnc(-c3ccco3)n2CC)cc1. The summed E-state index contributed by atoms with van der Waals surface area (Å²) in [6, 6.07) is 11.5. The molecule has 1 aromatic carbocycles. The second-order valence-electron chi connectivity index (χ2n) is 5.54. The highest BCUT2D eigenvalue weighted by Crippen LogP contribution is 2.24. The number of furan rings is 1. The van der Waals surface area contributed by atoms with Crippen LogP contribution in [0.15, 0.2) is 52.2 Å². The van der Waals surface area contributed by atoms with Gasteiger partial charge in [-0.2, -0.15) is 0 Å². The molecule has 0 radical (unpaired) electrons. The van der Waals surface area contributed by atoms with Gasteiger partial charge in [0.2, 0.25) is 0 Å². The lowest BCUT2D eigenvalue weighted by Crippen LogP contribution is -2.03. The maximum Gasteiger partial charge on any atom is 0.200 e. The molecule has 138 valence electrons. The molecule has 0 bridgehead atoms. The van der Waals surface area contributed by atoms with Crippen LogP contribution in [0.25, 0.3) is 11.6 Å². The summed E-state index contributed by atoms with van der Waals surface area (Å²) in [5.41, 5.74) is 0. The van der Waals surface area contributed by atoms with Gasteiger partial charge in [0.25, 0.3) is 0 Å². The number of benzene rings is 1. The van der Waals surface area contributed by atoms with Crippen LogP contribution in [0.2, 0.25) is 0 Å². The zero-order valence-corrected chi connectivity index (χ0v) is 15.9. The first kappa shape index (κ1) is 18.4. The van der Waals surface area contributed by atoms with Crippen molar-refractivity contribution in [3.63, 3.8) is 0 Å². The molecule has 0 aliphatic carbocycles. The number of rotatable bonds is 10. The maximum absolute atomic E-state index is 5.79. The molecular weight excluding hydrogens is 350 g/mol. The quantitative estimate of drug-likeness (QED) is 0.385. The summed E-state index contributed by atoms with van der Waals surface area (Å²) >= 11 is 1.62. The fourth-order valence-electron chi connectivity index (χ4n) is 2.41. The third-order valence-electron chi connectivity index (χ3n) is 3.65. The van der Waals surface area contributed by atoms with Gasteiger partial charge in [-0.15, -0.1) is 10.2 Å². The van der Waals surface area contributed by atoms with Crippen molar-refractivity contribution in [2.75, 3.05) is 19.0 Å². The Hall–Kier alpha value is -2.41. The summed E-state index contributed by atoms with van der Waals surface area (Å²) < 4.78 is 18.8. The molecule has 26 heavy (non-hydrogen) atoms. The molecule has 0 spiro atoms. The Morgan fingerprint density at radius 1 is 1.00 bits per heavy atom. The van der Waals surface area contributed by atoms with E-state index in [1.807, 2.05) is 41.0 Å². The van der Waals surface area contributed by atoms with Crippen molar-refractivity contribution in [1.82, 2.24) is 14.8 Å². The lowest BCUT2D eigenvalue weighted by atomic mass is 10.3. The number of ether oxygens (including phenoxy) is 2. The number of aromatic nitrogens is 3. The van der Waals surface area contributed by atoms with Gasteiger partial charge in [-0.1, -0.05) is 18.7 Å². The van der Waals surface area contributed by atoms with E-state index in [9.17, 15) is 0 Å². The molecule has 0 saturated heterocycles. The molecular formula is C19H23N3O3S. The highest BCUT2D eigenvalue weighted by atomic mass is 32.2. The van der Waals surface area contributed by atoms with Gasteiger partial charge in [0.1, 0.15) is 11.5 Å². The average molecular weight is 373 g/mol. The van der Waals surface area contributed by atoms with Gasteiger partial charge in [0, 0.05) is 12.3 Å². The molecule has 2 aromatic heterocycles. The Balaban J connectivity index is 1.49. The highest BCUT2D eigenvalue weighted by Gasteiger charge is 2.14. The predicted octanol–water partition coefficient (Wildman–Crippen LogP) is 4.52. The van der Waals surface area contributed by atoms with Crippen LogP contribution in [0.3, 0.4) is 0 Å². The smallest absolute Gasteiger partial charge is 0.200 e. The Kier molecular flexibility index (Phi) is 6.60. The largest absolute Gasteiger partial charge is 0.494 e.